The van der Waals surface area contributed by atoms with Gasteiger partial charge in [-0.3, -0.25) is 9.68 Å². The van der Waals surface area contributed by atoms with Crippen molar-refractivity contribution in [3.8, 4) is 0 Å². The average Bonchev–Trinajstić information content (AvgIpc) is 2.40. The van der Waals surface area contributed by atoms with Gasteiger partial charge in [-0.25, -0.2) is 4.79 Å². The van der Waals surface area contributed by atoms with Gasteiger partial charge in [0, 0.05) is 5.57 Å². The molecule has 0 saturated carbocycles. The lowest BCUT2D eigenvalue weighted by Crippen LogP contribution is -2.19. The molecule has 18 heavy (non-hydrogen) atoms. The number of carboxylic acid groups (broad SMARTS) is 1. The molecule has 0 fully saturated rings. The molecule has 0 bridgehead atoms. The molecular formula is C11H21NO6. The van der Waals surface area contributed by atoms with E-state index >= 15 is 0 Å². The number of allylic oxidation sites excluding steroid dienone is 1. The summed E-state index contributed by atoms with van der Waals surface area (Å²) < 4.78 is 0. The van der Waals surface area contributed by atoms with Crippen molar-refractivity contribution in [2.75, 3.05) is 26.4 Å². The summed E-state index contributed by atoms with van der Waals surface area (Å²) in [7, 11) is 0. The van der Waals surface area contributed by atoms with E-state index in [4.69, 9.17) is 15.3 Å². The Balaban J connectivity index is 0.000000321. The summed E-state index contributed by atoms with van der Waals surface area (Å²) in [5.41, 5.74) is 2.67. The van der Waals surface area contributed by atoms with E-state index in [1.807, 2.05) is 6.08 Å². The largest absolute Gasteiger partial charge is 0.478 e. The average molecular weight is 263 g/mol. The smallest absolute Gasteiger partial charge is 0.331 e. The molecule has 0 aromatic heterocycles. The van der Waals surface area contributed by atoms with E-state index < -0.39 is 5.97 Å². The lowest BCUT2D eigenvalue weighted by atomic mass is 10.0. The normalized spacial score (nSPS) is 14.4. The third-order valence-corrected chi connectivity index (χ3v) is 2.07. The SMILES string of the molecule is O=C(O)C1=CCCCC1.OCCONOCCO. The van der Waals surface area contributed by atoms with Gasteiger partial charge >= 0.3 is 5.97 Å². The molecule has 0 atom stereocenters. The van der Waals surface area contributed by atoms with Crippen molar-refractivity contribution in [3.05, 3.63) is 11.6 Å². The van der Waals surface area contributed by atoms with Crippen molar-refractivity contribution in [3.63, 3.8) is 0 Å². The molecule has 1 rings (SSSR count). The topological polar surface area (TPSA) is 108 Å². The molecule has 7 nitrogen and oxygen atoms in total. The van der Waals surface area contributed by atoms with E-state index in [2.05, 4.69) is 15.3 Å². The Morgan fingerprint density at radius 3 is 2.17 bits per heavy atom. The first kappa shape index (κ1) is 17.0. The molecule has 0 spiro atoms. The molecule has 1 aliphatic rings. The standard InChI is InChI=1S/C7H10O2.C4H11NO4/c8-7(9)6-4-2-1-3-5-6;6-1-3-8-5-9-4-2-7/h4H,1-3,5H2,(H,8,9);5-7H,1-4H2. The summed E-state index contributed by atoms with van der Waals surface area (Å²) in [6.45, 7) is 0.224. The summed E-state index contributed by atoms with van der Waals surface area (Å²) in [6, 6.07) is 0. The Hall–Kier alpha value is -0.990. The second-order valence-electron chi connectivity index (χ2n) is 3.51. The summed E-state index contributed by atoms with van der Waals surface area (Å²) in [5.74, 6) is -0.741. The van der Waals surface area contributed by atoms with Crippen molar-refractivity contribution in [1.29, 1.82) is 0 Å². The van der Waals surface area contributed by atoms with Crippen molar-refractivity contribution < 1.29 is 29.8 Å². The van der Waals surface area contributed by atoms with Gasteiger partial charge in [-0.15, -0.1) is 0 Å². The molecule has 0 amide bonds. The van der Waals surface area contributed by atoms with E-state index in [0.717, 1.165) is 25.7 Å². The monoisotopic (exact) mass is 263 g/mol. The maximum atomic E-state index is 10.3. The Morgan fingerprint density at radius 1 is 1.22 bits per heavy atom. The maximum Gasteiger partial charge on any atom is 0.331 e. The molecule has 0 unspecified atom stereocenters. The Bertz CT molecular complexity index is 238. The van der Waals surface area contributed by atoms with Crippen LogP contribution in [0.5, 0.6) is 0 Å². The predicted octanol–water partition coefficient (Wildman–Crippen LogP) is -0.00480. The number of nitrogens with one attached hydrogen (secondary N) is 1. The second kappa shape index (κ2) is 12.5. The minimum atomic E-state index is -0.741. The van der Waals surface area contributed by atoms with Gasteiger partial charge in [-0.2, -0.15) is 0 Å². The van der Waals surface area contributed by atoms with Crippen LogP contribution < -0.4 is 5.64 Å². The fraction of sp³-hybridized carbons (Fsp3) is 0.727. The first-order valence-corrected chi connectivity index (χ1v) is 5.85. The number of aliphatic carboxylic acids is 1. The van der Waals surface area contributed by atoms with Crippen LogP contribution >= 0.6 is 0 Å². The number of hydrogen-bond acceptors (Lipinski definition) is 6. The second-order valence-corrected chi connectivity index (χ2v) is 3.51. The van der Waals surface area contributed by atoms with Gasteiger partial charge in [0.25, 0.3) is 0 Å². The third-order valence-electron chi connectivity index (χ3n) is 2.07. The van der Waals surface area contributed by atoms with Gasteiger partial charge in [0.05, 0.1) is 26.4 Å². The molecule has 1 aliphatic carbocycles. The number of hydrogen-bond donors (Lipinski definition) is 4. The zero-order chi connectivity index (χ0) is 13.6. The van der Waals surface area contributed by atoms with Crippen molar-refractivity contribution >= 4 is 5.97 Å². The molecular weight excluding hydrogens is 242 g/mol. The molecule has 4 N–H and O–H groups in total. The minimum Gasteiger partial charge on any atom is -0.478 e. The van der Waals surface area contributed by atoms with Gasteiger partial charge in [0.1, 0.15) is 0 Å². The van der Waals surface area contributed by atoms with E-state index in [0.29, 0.717) is 5.57 Å². The van der Waals surface area contributed by atoms with Crippen LogP contribution in [0.25, 0.3) is 0 Å². The maximum absolute atomic E-state index is 10.3. The number of aliphatic hydroxyl groups is 2. The lowest BCUT2D eigenvalue weighted by molar-refractivity contribution is -0.178. The van der Waals surface area contributed by atoms with E-state index in [9.17, 15) is 4.79 Å². The highest BCUT2D eigenvalue weighted by Crippen LogP contribution is 2.16. The summed E-state index contributed by atoms with van der Waals surface area (Å²) >= 11 is 0. The Kier molecular flexibility index (Phi) is 11.8. The van der Waals surface area contributed by atoms with Crippen LogP contribution in [-0.4, -0.2) is 47.7 Å². The van der Waals surface area contributed by atoms with E-state index in [-0.39, 0.29) is 26.4 Å². The van der Waals surface area contributed by atoms with Crippen molar-refractivity contribution in [2.24, 2.45) is 0 Å². The summed E-state index contributed by atoms with van der Waals surface area (Å²) in [5, 5.41) is 24.8. The quantitative estimate of drug-likeness (QED) is 0.378. The number of rotatable bonds is 7. The van der Waals surface area contributed by atoms with E-state index in [1.165, 1.54) is 0 Å². The van der Waals surface area contributed by atoms with Crippen LogP contribution in [-0.2, 0) is 14.5 Å². The van der Waals surface area contributed by atoms with Crippen LogP contribution in [0, 0.1) is 0 Å². The van der Waals surface area contributed by atoms with Gasteiger partial charge in [-0.1, -0.05) is 11.7 Å². The van der Waals surface area contributed by atoms with Gasteiger partial charge in [-0.05, 0) is 25.7 Å². The van der Waals surface area contributed by atoms with Crippen molar-refractivity contribution in [2.45, 2.75) is 25.7 Å². The number of carboxylic acids is 1. The predicted molar refractivity (Wildman–Crippen MR) is 63.4 cm³/mol. The highest BCUT2D eigenvalue weighted by Gasteiger charge is 2.08. The lowest BCUT2D eigenvalue weighted by Gasteiger charge is -2.06. The van der Waals surface area contributed by atoms with E-state index in [1.54, 1.807) is 0 Å². The zero-order valence-corrected chi connectivity index (χ0v) is 10.3. The third kappa shape index (κ3) is 10.2. The number of carbonyl (C=O) groups is 1. The van der Waals surface area contributed by atoms with Gasteiger partial charge < -0.3 is 15.3 Å². The molecule has 106 valence electrons. The minimum absolute atomic E-state index is 0.0600. The molecule has 0 aliphatic heterocycles. The summed E-state index contributed by atoms with van der Waals surface area (Å²) in [4.78, 5) is 19.2. The summed E-state index contributed by atoms with van der Waals surface area (Å²) in [6.07, 6.45) is 5.72. The molecule has 0 radical (unpaired) electrons. The Labute approximate surface area is 106 Å². The molecule has 0 aromatic carbocycles. The highest BCUT2D eigenvalue weighted by atomic mass is 16.9. The van der Waals surface area contributed by atoms with Crippen LogP contribution in [0.15, 0.2) is 11.6 Å². The molecule has 0 heterocycles. The molecule has 0 aromatic rings. The van der Waals surface area contributed by atoms with Gasteiger partial charge in [0.2, 0.25) is 0 Å². The fourth-order valence-electron chi connectivity index (χ4n) is 1.25. The highest BCUT2D eigenvalue weighted by molar-refractivity contribution is 5.86. The van der Waals surface area contributed by atoms with Crippen molar-refractivity contribution in [1.82, 2.24) is 5.64 Å². The van der Waals surface area contributed by atoms with Crippen LogP contribution in [0.2, 0.25) is 0 Å². The fourth-order valence-corrected chi connectivity index (χ4v) is 1.25. The Morgan fingerprint density at radius 2 is 1.83 bits per heavy atom. The molecule has 7 heteroatoms. The van der Waals surface area contributed by atoms with Gasteiger partial charge in [0.15, 0.2) is 0 Å². The molecule has 0 saturated heterocycles. The van der Waals surface area contributed by atoms with Crippen LogP contribution in [0.3, 0.4) is 0 Å². The first-order chi connectivity index (χ1) is 8.72. The van der Waals surface area contributed by atoms with Crippen LogP contribution in [0.4, 0.5) is 0 Å². The first-order valence-electron chi connectivity index (χ1n) is 5.85. The van der Waals surface area contributed by atoms with Crippen LogP contribution in [0.1, 0.15) is 25.7 Å². The zero-order valence-electron chi connectivity index (χ0n) is 10.3. The number of aliphatic hydroxyl groups excluding tert-OH is 2.